The molecule has 98 valence electrons. The molecule has 2 rings (SSSR count). The normalized spacial score (nSPS) is 10.5. The fourth-order valence-electron chi connectivity index (χ4n) is 1.65. The Morgan fingerprint density at radius 2 is 1.95 bits per heavy atom. The number of rotatable bonds is 3. The molecule has 0 unspecified atom stereocenters. The molecule has 0 N–H and O–H groups in total. The van der Waals surface area contributed by atoms with Crippen molar-refractivity contribution < 1.29 is 13.6 Å². The predicted octanol–water partition coefficient (Wildman–Crippen LogP) is 4.81. The molecule has 0 spiro atoms. The van der Waals surface area contributed by atoms with Gasteiger partial charge in [-0.05, 0) is 29.8 Å². The summed E-state index contributed by atoms with van der Waals surface area (Å²) in [5.41, 5.74) is 0.303. The van der Waals surface area contributed by atoms with E-state index in [1.165, 1.54) is 12.1 Å². The highest BCUT2D eigenvalue weighted by Gasteiger charge is 2.16. The van der Waals surface area contributed by atoms with Gasteiger partial charge in [-0.15, -0.1) is 0 Å². The molecule has 0 bridgehead atoms. The number of hydrogen-bond donors (Lipinski definition) is 0. The maximum absolute atomic E-state index is 13.5. The molecule has 0 fully saturated rings. The molecule has 1 nitrogen and oxygen atoms in total. The fraction of sp³-hybridized carbons (Fsp3) is 0.0714. The Balaban J connectivity index is 2.28. The predicted molar refractivity (Wildman–Crippen MR) is 73.5 cm³/mol. The molecule has 0 heterocycles. The van der Waals surface area contributed by atoms with Crippen molar-refractivity contribution in [1.82, 2.24) is 0 Å². The van der Waals surface area contributed by atoms with E-state index in [0.29, 0.717) is 10.6 Å². The van der Waals surface area contributed by atoms with Crippen molar-refractivity contribution in [3.8, 4) is 0 Å². The molecule has 0 saturated heterocycles. The topological polar surface area (TPSA) is 17.1 Å². The van der Waals surface area contributed by atoms with Crippen LogP contribution in [0.5, 0.6) is 0 Å². The van der Waals surface area contributed by atoms with Crippen LogP contribution in [0.3, 0.4) is 0 Å². The van der Waals surface area contributed by atoms with Gasteiger partial charge in [0.15, 0.2) is 17.4 Å². The van der Waals surface area contributed by atoms with Gasteiger partial charge in [0.2, 0.25) is 0 Å². The summed E-state index contributed by atoms with van der Waals surface area (Å²) in [7, 11) is 0. The molecular formula is C14H8BrClF2O. The first-order valence-electron chi connectivity index (χ1n) is 5.40. The molecule has 0 aliphatic heterocycles. The van der Waals surface area contributed by atoms with Crippen LogP contribution < -0.4 is 0 Å². The van der Waals surface area contributed by atoms with Crippen LogP contribution in [0.15, 0.2) is 40.9 Å². The van der Waals surface area contributed by atoms with Gasteiger partial charge in [-0.25, -0.2) is 8.78 Å². The first kappa shape index (κ1) is 14.2. The molecule has 0 aliphatic rings. The third-order valence-electron chi connectivity index (χ3n) is 2.62. The monoisotopic (exact) mass is 344 g/mol. The van der Waals surface area contributed by atoms with Crippen LogP contribution in [-0.4, -0.2) is 5.78 Å². The van der Waals surface area contributed by atoms with Gasteiger partial charge in [0.1, 0.15) is 0 Å². The van der Waals surface area contributed by atoms with E-state index in [1.54, 1.807) is 18.2 Å². The van der Waals surface area contributed by atoms with Crippen molar-refractivity contribution in [2.75, 3.05) is 0 Å². The van der Waals surface area contributed by atoms with E-state index in [9.17, 15) is 13.6 Å². The lowest BCUT2D eigenvalue weighted by atomic mass is 10.0. The maximum Gasteiger partial charge on any atom is 0.170 e. The molecule has 0 amide bonds. The maximum atomic E-state index is 13.5. The quantitative estimate of drug-likeness (QED) is 0.730. The molecule has 2 aromatic rings. The Morgan fingerprint density at radius 1 is 1.21 bits per heavy atom. The molecule has 19 heavy (non-hydrogen) atoms. The van der Waals surface area contributed by atoms with Gasteiger partial charge < -0.3 is 0 Å². The second-order valence-electron chi connectivity index (χ2n) is 3.94. The van der Waals surface area contributed by atoms with Crippen molar-refractivity contribution in [1.29, 1.82) is 0 Å². The summed E-state index contributed by atoms with van der Waals surface area (Å²) < 4.78 is 27.3. The average molecular weight is 346 g/mol. The van der Waals surface area contributed by atoms with Gasteiger partial charge in [0, 0.05) is 15.9 Å². The zero-order valence-corrected chi connectivity index (χ0v) is 11.9. The number of Topliss-reactive ketones (excluding diaryl/α,β-unsaturated/α-hetero) is 1. The summed E-state index contributed by atoms with van der Waals surface area (Å²) in [6, 6.07) is 8.57. The summed E-state index contributed by atoms with van der Waals surface area (Å²) in [6.45, 7) is 0. The van der Waals surface area contributed by atoms with Crippen molar-refractivity contribution in [3.63, 3.8) is 0 Å². The van der Waals surface area contributed by atoms with E-state index < -0.39 is 17.4 Å². The number of hydrogen-bond acceptors (Lipinski definition) is 1. The van der Waals surface area contributed by atoms with E-state index in [1.807, 2.05) is 0 Å². The second-order valence-corrected chi connectivity index (χ2v) is 5.26. The molecule has 0 aromatic heterocycles. The highest BCUT2D eigenvalue weighted by Crippen LogP contribution is 2.23. The summed E-state index contributed by atoms with van der Waals surface area (Å²) in [5, 5.41) is 0.402. The summed E-state index contributed by atoms with van der Waals surface area (Å²) >= 11 is 9.23. The van der Waals surface area contributed by atoms with Gasteiger partial charge in [-0.2, -0.15) is 0 Å². The zero-order chi connectivity index (χ0) is 14.0. The highest BCUT2D eigenvalue weighted by molar-refractivity contribution is 9.10. The lowest BCUT2D eigenvalue weighted by molar-refractivity contribution is 0.0988. The van der Waals surface area contributed by atoms with Crippen LogP contribution in [-0.2, 0) is 6.42 Å². The largest absolute Gasteiger partial charge is 0.294 e. The summed E-state index contributed by atoms with van der Waals surface area (Å²) in [5.74, 6) is -2.67. The molecule has 0 aliphatic carbocycles. The SMILES string of the molecule is O=C(Cc1ccc(Br)cc1Cl)c1cccc(F)c1F. The molecule has 0 saturated carbocycles. The standard InChI is InChI=1S/C14H8BrClF2O/c15-9-5-4-8(11(16)7-9)6-13(19)10-2-1-3-12(17)14(10)18/h1-5,7H,6H2. The first-order chi connectivity index (χ1) is 8.99. The van der Waals surface area contributed by atoms with Crippen LogP contribution in [0.4, 0.5) is 8.78 Å². The first-order valence-corrected chi connectivity index (χ1v) is 6.57. The lowest BCUT2D eigenvalue weighted by Crippen LogP contribution is -2.07. The van der Waals surface area contributed by atoms with Crippen LogP contribution in [0, 0.1) is 11.6 Å². The molecule has 0 atom stereocenters. The van der Waals surface area contributed by atoms with Crippen LogP contribution in [0.2, 0.25) is 5.02 Å². The summed E-state index contributed by atoms with van der Waals surface area (Å²) in [6.07, 6.45) is -0.0769. The Bertz CT molecular complexity index is 643. The van der Waals surface area contributed by atoms with Crippen molar-refractivity contribution in [2.24, 2.45) is 0 Å². The number of carbonyl (C=O) groups is 1. The molecular weight excluding hydrogens is 338 g/mol. The minimum Gasteiger partial charge on any atom is -0.294 e. The summed E-state index contributed by atoms with van der Waals surface area (Å²) in [4.78, 5) is 11.9. The van der Waals surface area contributed by atoms with Crippen molar-refractivity contribution >= 4 is 33.3 Å². The van der Waals surface area contributed by atoms with E-state index in [-0.39, 0.29) is 12.0 Å². The number of ketones is 1. The lowest BCUT2D eigenvalue weighted by Gasteiger charge is -2.06. The third-order valence-corrected chi connectivity index (χ3v) is 3.46. The van der Waals surface area contributed by atoms with E-state index in [0.717, 1.165) is 10.5 Å². The molecule has 5 heteroatoms. The Labute approximate surface area is 122 Å². The third kappa shape index (κ3) is 3.19. The van der Waals surface area contributed by atoms with E-state index in [2.05, 4.69) is 15.9 Å². The minimum absolute atomic E-state index is 0.0769. The molecule has 0 radical (unpaired) electrons. The van der Waals surface area contributed by atoms with Crippen LogP contribution >= 0.6 is 27.5 Å². The van der Waals surface area contributed by atoms with Gasteiger partial charge in [-0.1, -0.05) is 39.7 Å². The van der Waals surface area contributed by atoms with Crippen molar-refractivity contribution in [3.05, 3.63) is 68.7 Å². The van der Waals surface area contributed by atoms with Gasteiger partial charge in [-0.3, -0.25) is 4.79 Å². The minimum atomic E-state index is -1.12. The average Bonchev–Trinajstić information content (AvgIpc) is 2.36. The Hall–Kier alpha value is -1.26. The Morgan fingerprint density at radius 3 is 2.63 bits per heavy atom. The number of halogens is 4. The fourth-order valence-corrected chi connectivity index (χ4v) is 2.39. The van der Waals surface area contributed by atoms with Crippen LogP contribution in [0.25, 0.3) is 0 Å². The van der Waals surface area contributed by atoms with E-state index >= 15 is 0 Å². The van der Waals surface area contributed by atoms with E-state index in [4.69, 9.17) is 11.6 Å². The van der Waals surface area contributed by atoms with Gasteiger partial charge in [0.25, 0.3) is 0 Å². The molecule has 2 aromatic carbocycles. The van der Waals surface area contributed by atoms with Gasteiger partial charge in [0.05, 0.1) is 5.56 Å². The smallest absolute Gasteiger partial charge is 0.170 e. The second kappa shape index (κ2) is 5.80. The van der Waals surface area contributed by atoms with Gasteiger partial charge >= 0.3 is 0 Å². The number of carbonyl (C=O) groups excluding carboxylic acids is 1. The highest BCUT2D eigenvalue weighted by atomic mass is 79.9. The Kier molecular flexibility index (Phi) is 4.32. The van der Waals surface area contributed by atoms with Crippen molar-refractivity contribution in [2.45, 2.75) is 6.42 Å². The van der Waals surface area contributed by atoms with Crippen LogP contribution in [0.1, 0.15) is 15.9 Å². The number of benzene rings is 2. The zero-order valence-electron chi connectivity index (χ0n) is 9.59.